The predicted molar refractivity (Wildman–Crippen MR) is 156 cm³/mol. The van der Waals surface area contributed by atoms with E-state index in [0.717, 1.165) is 81.8 Å². The molecule has 40 heavy (non-hydrogen) atoms. The number of nitrogens with two attached hydrogens (primary N) is 1. The van der Waals surface area contributed by atoms with Crippen molar-refractivity contribution >= 4 is 5.91 Å². The third-order valence-corrected chi connectivity index (χ3v) is 8.49. The molecule has 7 nitrogen and oxygen atoms in total. The summed E-state index contributed by atoms with van der Waals surface area (Å²) >= 11 is 0. The van der Waals surface area contributed by atoms with Gasteiger partial charge in [0.15, 0.2) is 0 Å². The van der Waals surface area contributed by atoms with Crippen molar-refractivity contribution in [1.29, 1.82) is 5.26 Å². The number of hydrogen-bond donors (Lipinski definition) is 1. The largest absolute Gasteiger partial charge is 0.378 e. The minimum Gasteiger partial charge on any atom is -0.378 e. The number of carbonyl (C=O) groups is 1. The molecule has 1 amide bonds. The summed E-state index contributed by atoms with van der Waals surface area (Å²) in [5.74, 6) is -0.266. The Bertz CT molecular complexity index is 1170. The van der Waals surface area contributed by atoms with Crippen molar-refractivity contribution in [3.63, 3.8) is 0 Å². The summed E-state index contributed by atoms with van der Waals surface area (Å²) in [6, 6.07) is 13.4. The quantitative estimate of drug-likeness (QED) is 0.432. The normalized spacial score (nSPS) is 19.1. The number of carbonyl (C=O) groups excluding carboxylic acids is 1. The van der Waals surface area contributed by atoms with Crippen LogP contribution in [0.3, 0.4) is 0 Å². The number of halogens is 1. The Morgan fingerprint density at radius 1 is 1.27 bits per heavy atom. The zero-order chi connectivity index (χ0) is 28.6. The lowest BCUT2D eigenvalue weighted by Crippen LogP contribution is -2.64. The molecule has 4 rings (SSSR count). The molecule has 1 unspecified atom stereocenters. The topological polar surface area (TPSA) is 85.8 Å². The van der Waals surface area contributed by atoms with Gasteiger partial charge in [-0.2, -0.15) is 5.26 Å². The summed E-state index contributed by atoms with van der Waals surface area (Å²) < 4.78 is 19.4. The molecule has 2 atom stereocenters. The second kappa shape index (κ2) is 14.2. The van der Waals surface area contributed by atoms with Crippen LogP contribution in [0.2, 0.25) is 0 Å². The Morgan fingerprint density at radius 2 is 2.02 bits per heavy atom. The number of ether oxygens (including phenoxy) is 1. The number of nitrogens with zero attached hydrogens (tertiary/aromatic N) is 4. The van der Waals surface area contributed by atoms with Crippen LogP contribution < -0.4 is 5.73 Å². The fraction of sp³-hybridized carbons (Fsp3) is 0.562. The Morgan fingerprint density at radius 3 is 2.70 bits per heavy atom. The number of nitriles is 1. The molecule has 2 aromatic rings. The zero-order valence-electron chi connectivity index (χ0n) is 24.2. The van der Waals surface area contributed by atoms with Gasteiger partial charge < -0.3 is 20.3 Å². The van der Waals surface area contributed by atoms with Crippen molar-refractivity contribution in [3.8, 4) is 6.07 Å². The van der Waals surface area contributed by atoms with Crippen LogP contribution in [-0.4, -0.2) is 92.2 Å². The van der Waals surface area contributed by atoms with Crippen molar-refractivity contribution in [2.24, 2.45) is 5.73 Å². The van der Waals surface area contributed by atoms with E-state index in [2.05, 4.69) is 22.8 Å². The lowest BCUT2D eigenvalue weighted by atomic mass is 9.92. The Labute approximate surface area is 238 Å². The van der Waals surface area contributed by atoms with Crippen LogP contribution in [0.1, 0.15) is 64.7 Å². The van der Waals surface area contributed by atoms with Crippen molar-refractivity contribution in [2.45, 2.75) is 57.5 Å². The molecule has 2 fully saturated rings. The summed E-state index contributed by atoms with van der Waals surface area (Å²) in [5.41, 5.74) is 9.98. The van der Waals surface area contributed by atoms with Gasteiger partial charge >= 0.3 is 0 Å². The fourth-order valence-corrected chi connectivity index (χ4v) is 6.23. The first-order chi connectivity index (χ1) is 19.3. The Hall–Kier alpha value is -2.83. The maximum atomic E-state index is 13.8. The van der Waals surface area contributed by atoms with E-state index in [9.17, 15) is 14.4 Å². The monoisotopic (exact) mass is 549 g/mol. The van der Waals surface area contributed by atoms with Crippen LogP contribution in [0, 0.1) is 24.1 Å². The summed E-state index contributed by atoms with van der Waals surface area (Å²) in [6.07, 6.45) is 3.53. The molecule has 0 bridgehead atoms. The van der Waals surface area contributed by atoms with Crippen LogP contribution in [-0.2, 0) is 11.2 Å². The molecule has 2 N–H and O–H groups in total. The molecule has 8 heteroatoms. The van der Waals surface area contributed by atoms with Gasteiger partial charge in [-0.1, -0.05) is 25.5 Å². The first-order valence-corrected chi connectivity index (χ1v) is 14.6. The van der Waals surface area contributed by atoms with Gasteiger partial charge in [0, 0.05) is 56.8 Å². The molecule has 2 aliphatic heterocycles. The number of aryl methyl sites for hydroxylation is 1. The van der Waals surface area contributed by atoms with E-state index in [1.54, 1.807) is 11.0 Å². The van der Waals surface area contributed by atoms with Gasteiger partial charge in [0.1, 0.15) is 5.82 Å². The van der Waals surface area contributed by atoms with Gasteiger partial charge in [-0.15, -0.1) is 0 Å². The van der Waals surface area contributed by atoms with E-state index in [4.69, 9.17) is 10.5 Å². The van der Waals surface area contributed by atoms with Crippen LogP contribution in [0.25, 0.3) is 0 Å². The van der Waals surface area contributed by atoms with Gasteiger partial charge in [-0.25, -0.2) is 4.39 Å². The molecule has 2 aliphatic rings. The first kappa shape index (κ1) is 30.1. The highest BCUT2D eigenvalue weighted by atomic mass is 19.1. The predicted octanol–water partition coefficient (Wildman–Crippen LogP) is 3.94. The minimum atomic E-state index is -0.261. The number of likely N-dealkylation sites (tertiary alicyclic amines) is 1. The zero-order valence-corrected chi connectivity index (χ0v) is 24.2. The number of hydrogen-bond acceptors (Lipinski definition) is 6. The highest BCUT2D eigenvalue weighted by Crippen LogP contribution is 2.27. The highest BCUT2D eigenvalue weighted by molar-refractivity contribution is 5.96. The van der Waals surface area contributed by atoms with E-state index in [1.807, 2.05) is 32.2 Å². The average molecular weight is 550 g/mol. The summed E-state index contributed by atoms with van der Waals surface area (Å²) in [7, 11) is 1.83. The van der Waals surface area contributed by atoms with E-state index < -0.39 is 0 Å². The smallest absolute Gasteiger partial charge is 0.253 e. The SMILES string of the molecule is CCCc1c(C)cc(C#N)cc1C(=O)N(C)C[C@@H](CCN1CC(N2CCOCC2CCN)C1)c1ccc(F)cc1. The van der Waals surface area contributed by atoms with Crippen LogP contribution in [0.5, 0.6) is 0 Å². The fourth-order valence-electron chi connectivity index (χ4n) is 6.23. The van der Waals surface area contributed by atoms with E-state index >= 15 is 0 Å². The van der Waals surface area contributed by atoms with Crippen molar-refractivity contribution in [3.05, 3.63) is 70.0 Å². The van der Waals surface area contributed by atoms with Gasteiger partial charge in [-0.3, -0.25) is 9.69 Å². The first-order valence-electron chi connectivity index (χ1n) is 14.6. The summed E-state index contributed by atoms with van der Waals surface area (Å²) in [5, 5.41) is 9.51. The molecular weight excluding hydrogens is 505 g/mol. The molecule has 0 radical (unpaired) electrons. The molecule has 0 aromatic heterocycles. The molecule has 0 saturated carbocycles. The number of benzene rings is 2. The second-order valence-corrected chi connectivity index (χ2v) is 11.4. The summed E-state index contributed by atoms with van der Waals surface area (Å²) in [6.45, 7) is 10.7. The number of likely N-dealkylation sites (N-methyl/N-ethyl adjacent to an activating group) is 1. The standard InChI is InChI=1S/C32H44FN5O2/c1-4-5-30-23(2)16-24(18-35)17-31(30)32(39)36(3)19-26(25-6-8-27(33)9-7-25)11-13-37-20-29(21-37)38-14-15-40-22-28(38)10-12-34/h6-9,16-17,26,28-29H,4-5,10-15,19-22,34H2,1-3H3/t26-,28?/m1/s1. The average Bonchev–Trinajstić information content (AvgIpc) is 2.93. The van der Waals surface area contributed by atoms with Crippen molar-refractivity contribution < 1.29 is 13.9 Å². The molecule has 2 saturated heterocycles. The molecule has 216 valence electrons. The number of rotatable bonds is 12. The molecule has 2 aromatic carbocycles. The Balaban J connectivity index is 1.43. The number of amides is 1. The molecule has 0 aliphatic carbocycles. The van der Waals surface area contributed by atoms with Gasteiger partial charge in [-0.05, 0) is 80.2 Å². The van der Waals surface area contributed by atoms with Gasteiger partial charge in [0.25, 0.3) is 5.91 Å². The van der Waals surface area contributed by atoms with Gasteiger partial charge in [0.2, 0.25) is 0 Å². The molecule has 0 spiro atoms. The Kier molecular flexibility index (Phi) is 10.7. The third kappa shape index (κ3) is 7.27. The van der Waals surface area contributed by atoms with E-state index in [1.165, 1.54) is 12.1 Å². The maximum Gasteiger partial charge on any atom is 0.253 e. The second-order valence-electron chi connectivity index (χ2n) is 11.4. The summed E-state index contributed by atoms with van der Waals surface area (Å²) in [4.78, 5) is 20.5. The van der Waals surface area contributed by atoms with E-state index in [-0.39, 0.29) is 17.6 Å². The lowest BCUT2D eigenvalue weighted by Gasteiger charge is -2.50. The van der Waals surface area contributed by atoms with Crippen LogP contribution >= 0.6 is 0 Å². The minimum absolute atomic E-state index is 0.0665. The lowest BCUT2D eigenvalue weighted by molar-refractivity contribution is -0.0700. The van der Waals surface area contributed by atoms with Crippen LogP contribution in [0.15, 0.2) is 36.4 Å². The van der Waals surface area contributed by atoms with Gasteiger partial charge in [0.05, 0.1) is 24.8 Å². The maximum absolute atomic E-state index is 13.8. The number of morpholine rings is 1. The van der Waals surface area contributed by atoms with Crippen molar-refractivity contribution in [1.82, 2.24) is 14.7 Å². The van der Waals surface area contributed by atoms with Crippen LogP contribution in [0.4, 0.5) is 4.39 Å². The molecular formula is C32H44FN5O2. The van der Waals surface area contributed by atoms with Crippen molar-refractivity contribution in [2.75, 3.05) is 59.5 Å². The molecule has 2 heterocycles. The highest BCUT2D eigenvalue weighted by Gasteiger charge is 2.36. The third-order valence-electron chi connectivity index (χ3n) is 8.49. The van der Waals surface area contributed by atoms with E-state index in [0.29, 0.717) is 36.3 Å².